The highest BCUT2D eigenvalue weighted by Crippen LogP contribution is 1.97. The summed E-state index contributed by atoms with van der Waals surface area (Å²) in [5, 5.41) is 0. The Morgan fingerprint density at radius 1 is 1.22 bits per heavy atom. The Morgan fingerprint density at radius 3 is 2.11 bits per heavy atom. The van der Waals surface area contributed by atoms with E-state index in [0.717, 1.165) is 19.3 Å². The van der Waals surface area contributed by atoms with Crippen LogP contribution >= 0.6 is 0 Å². The van der Waals surface area contributed by atoms with Crippen molar-refractivity contribution in [3.63, 3.8) is 0 Å². The molecule has 1 unspecified atom stereocenters. The van der Waals surface area contributed by atoms with Gasteiger partial charge in [0.25, 0.3) is 0 Å². The topological polar surface area (TPSA) is 78.1 Å². The fourth-order valence-electron chi connectivity index (χ4n) is 0.632. The van der Waals surface area contributed by atoms with Gasteiger partial charge in [-0.2, -0.15) is 0 Å². The largest absolute Gasteiger partial charge is 0.325 e. The van der Waals surface area contributed by atoms with Crippen LogP contribution in [0.15, 0.2) is 0 Å². The van der Waals surface area contributed by atoms with E-state index in [1.54, 1.807) is 0 Å². The lowest BCUT2D eigenvalue weighted by atomic mass is 10.1. The van der Waals surface area contributed by atoms with Crippen LogP contribution in [-0.4, -0.2) is 12.2 Å². The quantitative estimate of drug-likeness (QED) is 0.460. The molecule has 0 fully saturated rings. The zero-order chi connectivity index (χ0) is 7.28. The van der Waals surface area contributed by atoms with Gasteiger partial charge in [0.15, 0.2) is 0 Å². The second-order valence-electron chi connectivity index (χ2n) is 2.38. The van der Waals surface area contributed by atoms with Gasteiger partial charge in [0, 0.05) is 6.04 Å². The Hall–Kier alpha value is -0.120. The molecule has 0 aliphatic heterocycles. The van der Waals surface area contributed by atoms with Crippen molar-refractivity contribution in [3.05, 3.63) is 0 Å². The fourth-order valence-corrected chi connectivity index (χ4v) is 0.632. The Bertz CT molecular complexity index is 63.3. The third-order valence-corrected chi connectivity index (χ3v) is 1.39. The highest BCUT2D eigenvalue weighted by Gasteiger charge is 2.05. The molecule has 0 rings (SSSR count). The van der Waals surface area contributed by atoms with E-state index >= 15 is 0 Å². The van der Waals surface area contributed by atoms with Gasteiger partial charge in [-0.05, 0) is 6.42 Å². The SMILES string of the molecule is CCCCC(N)C(N)N. The van der Waals surface area contributed by atoms with Crippen LogP contribution in [0, 0.1) is 0 Å². The second-order valence-corrected chi connectivity index (χ2v) is 2.38. The smallest absolute Gasteiger partial charge is 0.0677 e. The second kappa shape index (κ2) is 4.73. The van der Waals surface area contributed by atoms with Crippen molar-refractivity contribution in [2.75, 3.05) is 0 Å². The molecular weight excluding hydrogens is 114 g/mol. The Kier molecular flexibility index (Phi) is 4.67. The van der Waals surface area contributed by atoms with E-state index in [0.29, 0.717) is 0 Å². The molecule has 0 aromatic carbocycles. The average molecular weight is 131 g/mol. The summed E-state index contributed by atoms with van der Waals surface area (Å²) in [6.07, 6.45) is 2.86. The van der Waals surface area contributed by atoms with Crippen LogP contribution < -0.4 is 17.2 Å². The molecule has 0 aliphatic rings. The van der Waals surface area contributed by atoms with Gasteiger partial charge in [-0.3, -0.25) is 0 Å². The van der Waals surface area contributed by atoms with E-state index in [2.05, 4.69) is 6.92 Å². The lowest BCUT2D eigenvalue weighted by Crippen LogP contribution is -2.47. The molecule has 0 heterocycles. The van der Waals surface area contributed by atoms with Gasteiger partial charge in [0.05, 0.1) is 6.17 Å². The first kappa shape index (κ1) is 8.88. The molecule has 0 aliphatic carbocycles. The zero-order valence-electron chi connectivity index (χ0n) is 6.01. The number of hydrogen-bond donors (Lipinski definition) is 3. The molecule has 0 spiro atoms. The predicted octanol–water partition coefficient (Wildman–Crippen LogP) is -0.253. The van der Waals surface area contributed by atoms with E-state index in [-0.39, 0.29) is 12.2 Å². The standard InChI is InChI=1S/C6H17N3/c1-2-3-4-5(7)6(8)9/h5-6H,2-4,7-9H2,1H3. The summed E-state index contributed by atoms with van der Waals surface area (Å²) in [6, 6.07) is -0.0232. The summed E-state index contributed by atoms with van der Waals surface area (Å²) in [4.78, 5) is 0. The Balaban J connectivity index is 3.16. The molecule has 0 radical (unpaired) electrons. The molecule has 3 nitrogen and oxygen atoms in total. The number of hydrogen-bond acceptors (Lipinski definition) is 3. The van der Waals surface area contributed by atoms with Crippen LogP contribution in [0.5, 0.6) is 0 Å². The summed E-state index contributed by atoms with van der Waals surface area (Å²) < 4.78 is 0. The van der Waals surface area contributed by atoms with Gasteiger partial charge in [0.1, 0.15) is 0 Å². The molecule has 0 amide bonds. The zero-order valence-corrected chi connectivity index (χ0v) is 6.01. The summed E-state index contributed by atoms with van der Waals surface area (Å²) in [5.74, 6) is 0. The van der Waals surface area contributed by atoms with Crippen LogP contribution in [0.3, 0.4) is 0 Å². The van der Waals surface area contributed by atoms with Crippen LogP contribution in [0.4, 0.5) is 0 Å². The van der Waals surface area contributed by atoms with Gasteiger partial charge >= 0.3 is 0 Å². The molecule has 56 valence electrons. The third-order valence-electron chi connectivity index (χ3n) is 1.39. The first-order chi connectivity index (χ1) is 4.18. The minimum absolute atomic E-state index is 0.0232. The maximum atomic E-state index is 5.55. The third kappa shape index (κ3) is 4.39. The van der Waals surface area contributed by atoms with Crippen molar-refractivity contribution in [3.8, 4) is 0 Å². The number of nitrogens with two attached hydrogens (primary N) is 3. The maximum absolute atomic E-state index is 5.55. The van der Waals surface area contributed by atoms with Gasteiger partial charge in [-0.15, -0.1) is 0 Å². The molecule has 0 aromatic heterocycles. The van der Waals surface area contributed by atoms with Crippen molar-refractivity contribution in [2.24, 2.45) is 17.2 Å². The highest BCUT2D eigenvalue weighted by atomic mass is 14.9. The van der Waals surface area contributed by atoms with Gasteiger partial charge in [-0.1, -0.05) is 19.8 Å². The molecule has 1 atom stereocenters. The Morgan fingerprint density at radius 2 is 1.78 bits per heavy atom. The highest BCUT2D eigenvalue weighted by molar-refractivity contribution is 4.68. The van der Waals surface area contributed by atoms with Gasteiger partial charge in [-0.25, -0.2) is 0 Å². The molecule has 0 bridgehead atoms. The molecule has 0 aromatic rings. The molecular formula is C6H17N3. The molecule has 0 saturated carbocycles. The average Bonchev–Trinajstić information content (AvgIpc) is 1.82. The van der Waals surface area contributed by atoms with Crippen molar-refractivity contribution in [1.29, 1.82) is 0 Å². The fraction of sp³-hybridized carbons (Fsp3) is 1.00. The van der Waals surface area contributed by atoms with Crippen molar-refractivity contribution < 1.29 is 0 Å². The summed E-state index contributed by atoms with van der Waals surface area (Å²) in [5.41, 5.74) is 16.2. The van der Waals surface area contributed by atoms with Crippen LogP contribution in [0.2, 0.25) is 0 Å². The normalized spacial score (nSPS) is 14.3. The summed E-state index contributed by atoms with van der Waals surface area (Å²) in [6.45, 7) is 2.12. The minimum Gasteiger partial charge on any atom is -0.325 e. The van der Waals surface area contributed by atoms with Gasteiger partial charge < -0.3 is 17.2 Å². The predicted molar refractivity (Wildman–Crippen MR) is 39.7 cm³/mol. The maximum Gasteiger partial charge on any atom is 0.0677 e. The van der Waals surface area contributed by atoms with Crippen molar-refractivity contribution >= 4 is 0 Å². The number of rotatable bonds is 4. The van der Waals surface area contributed by atoms with Gasteiger partial charge in [0.2, 0.25) is 0 Å². The molecule has 3 heteroatoms. The Labute approximate surface area is 56.6 Å². The van der Waals surface area contributed by atoms with Crippen LogP contribution in [0.25, 0.3) is 0 Å². The van der Waals surface area contributed by atoms with Crippen molar-refractivity contribution in [2.45, 2.75) is 38.4 Å². The van der Waals surface area contributed by atoms with E-state index in [4.69, 9.17) is 17.2 Å². The van der Waals surface area contributed by atoms with Crippen molar-refractivity contribution in [1.82, 2.24) is 0 Å². The van der Waals surface area contributed by atoms with Crippen LogP contribution in [0.1, 0.15) is 26.2 Å². The number of unbranched alkanes of at least 4 members (excludes halogenated alkanes) is 1. The van der Waals surface area contributed by atoms with E-state index in [1.807, 2.05) is 0 Å². The van der Waals surface area contributed by atoms with E-state index in [1.165, 1.54) is 0 Å². The molecule has 6 N–H and O–H groups in total. The first-order valence-corrected chi connectivity index (χ1v) is 3.45. The van der Waals surface area contributed by atoms with Crippen LogP contribution in [-0.2, 0) is 0 Å². The molecule has 9 heavy (non-hydrogen) atoms. The minimum atomic E-state index is -0.350. The summed E-state index contributed by atoms with van der Waals surface area (Å²) >= 11 is 0. The monoisotopic (exact) mass is 131 g/mol. The molecule has 0 saturated heterocycles. The first-order valence-electron chi connectivity index (χ1n) is 3.45. The summed E-state index contributed by atoms with van der Waals surface area (Å²) in [7, 11) is 0. The lowest BCUT2D eigenvalue weighted by Gasteiger charge is -2.13. The van der Waals surface area contributed by atoms with E-state index < -0.39 is 0 Å². The van der Waals surface area contributed by atoms with E-state index in [9.17, 15) is 0 Å². The lowest BCUT2D eigenvalue weighted by molar-refractivity contribution is 0.489.